The van der Waals surface area contributed by atoms with Crippen molar-refractivity contribution < 1.29 is 15.0 Å². The Labute approximate surface area is 112 Å². The third-order valence-electron chi connectivity index (χ3n) is 3.11. The van der Waals surface area contributed by atoms with Crippen LogP contribution in [0.15, 0.2) is 29.8 Å². The van der Waals surface area contributed by atoms with Gasteiger partial charge in [-0.05, 0) is 37.6 Å². The van der Waals surface area contributed by atoms with Gasteiger partial charge in [-0.15, -0.1) is 0 Å². The highest BCUT2D eigenvalue weighted by Crippen LogP contribution is 2.21. The van der Waals surface area contributed by atoms with Crippen LogP contribution in [-0.2, 0) is 0 Å². The zero-order valence-corrected chi connectivity index (χ0v) is 10.6. The van der Waals surface area contributed by atoms with Gasteiger partial charge < -0.3 is 20.8 Å². The minimum atomic E-state index is -0.372. The number of aromatic hydroxyl groups is 2. The van der Waals surface area contributed by atoms with E-state index in [-0.39, 0.29) is 23.0 Å². The first kappa shape index (κ1) is 13.4. The number of phenolic OH excluding ortho intramolecular Hbond substituents is 2. The van der Waals surface area contributed by atoms with Crippen molar-refractivity contribution in [3.8, 4) is 11.5 Å². The van der Waals surface area contributed by atoms with E-state index < -0.39 is 0 Å². The average Bonchev–Trinajstić information content (AvgIpc) is 2.42. The number of carbonyl (C=O) groups is 1. The lowest BCUT2D eigenvalue weighted by atomic mass is 10.1. The molecule has 0 spiro atoms. The second-order valence-corrected chi connectivity index (χ2v) is 4.52. The molecule has 0 aromatic heterocycles. The normalized spacial score (nSPS) is 14.8. The van der Waals surface area contributed by atoms with Gasteiger partial charge in [0.2, 0.25) is 0 Å². The summed E-state index contributed by atoms with van der Waals surface area (Å²) in [6.45, 7) is 2.39. The van der Waals surface area contributed by atoms with E-state index in [1.54, 1.807) is 0 Å². The maximum Gasteiger partial charge on any atom is 0.255 e. The van der Waals surface area contributed by atoms with Crippen LogP contribution in [-0.4, -0.2) is 35.8 Å². The standard InChI is InChI=1S/C14H18N2O3/c17-11-1-2-13(18)12(9-11)14(19)16-8-5-10-3-6-15-7-4-10/h1-3,9,15,17-18H,4-8H2,(H,16,19). The molecular weight excluding hydrogens is 244 g/mol. The number of amides is 1. The highest BCUT2D eigenvalue weighted by molar-refractivity contribution is 5.97. The predicted molar refractivity (Wildman–Crippen MR) is 72.3 cm³/mol. The minimum absolute atomic E-state index is 0.0380. The Morgan fingerprint density at radius 3 is 2.95 bits per heavy atom. The number of nitrogens with one attached hydrogen (secondary N) is 2. The molecule has 1 heterocycles. The Kier molecular flexibility index (Phi) is 4.41. The third-order valence-corrected chi connectivity index (χ3v) is 3.11. The molecule has 1 aromatic carbocycles. The predicted octanol–water partition coefficient (Wildman–Crippen LogP) is 1.14. The van der Waals surface area contributed by atoms with Gasteiger partial charge in [0.15, 0.2) is 0 Å². The molecule has 102 valence electrons. The summed E-state index contributed by atoms with van der Waals surface area (Å²) in [6.07, 6.45) is 3.96. The number of benzene rings is 1. The van der Waals surface area contributed by atoms with Crippen molar-refractivity contribution in [1.82, 2.24) is 10.6 Å². The van der Waals surface area contributed by atoms with Crippen LogP contribution in [0.2, 0.25) is 0 Å². The molecule has 5 heteroatoms. The molecule has 1 aromatic rings. The Morgan fingerprint density at radius 1 is 1.37 bits per heavy atom. The summed E-state index contributed by atoms with van der Waals surface area (Å²) in [5.74, 6) is -0.539. The van der Waals surface area contributed by atoms with Crippen molar-refractivity contribution in [3.05, 3.63) is 35.4 Å². The van der Waals surface area contributed by atoms with Crippen molar-refractivity contribution in [2.75, 3.05) is 19.6 Å². The van der Waals surface area contributed by atoms with Gasteiger partial charge in [-0.2, -0.15) is 0 Å². The largest absolute Gasteiger partial charge is 0.508 e. The molecule has 5 nitrogen and oxygen atoms in total. The van der Waals surface area contributed by atoms with E-state index in [2.05, 4.69) is 16.7 Å². The molecular formula is C14H18N2O3. The van der Waals surface area contributed by atoms with E-state index in [0.717, 1.165) is 25.9 Å². The van der Waals surface area contributed by atoms with Gasteiger partial charge in [-0.1, -0.05) is 11.6 Å². The number of rotatable bonds is 4. The zero-order valence-electron chi connectivity index (χ0n) is 10.6. The van der Waals surface area contributed by atoms with Crippen molar-refractivity contribution in [1.29, 1.82) is 0 Å². The molecule has 1 aliphatic rings. The molecule has 0 atom stereocenters. The van der Waals surface area contributed by atoms with E-state index in [1.807, 2.05) is 0 Å². The highest BCUT2D eigenvalue weighted by atomic mass is 16.3. The van der Waals surface area contributed by atoms with Crippen LogP contribution in [0, 0.1) is 0 Å². The SMILES string of the molecule is O=C(NCCC1=CCNCC1)c1cc(O)ccc1O. The summed E-state index contributed by atoms with van der Waals surface area (Å²) < 4.78 is 0. The van der Waals surface area contributed by atoms with Gasteiger partial charge in [0, 0.05) is 13.1 Å². The molecule has 0 fully saturated rings. The fourth-order valence-electron chi connectivity index (χ4n) is 2.03. The maximum absolute atomic E-state index is 11.8. The van der Waals surface area contributed by atoms with Crippen LogP contribution in [0.25, 0.3) is 0 Å². The summed E-state index contributed by atoms with van der Waals surface area (Å²) in [6, 6.07) is 3.90. The Morgan fingerprint density at radius 2 is 2.21 bits per heavy atom. The van der Waals surface area contributed by atoms with Gasteiger partial charge >= 0.3 is 0 Å². The van der Waals surface area contributed by atoms with Crippen molar-refractivity contribution >= 4 is 5.91 Å². The van der Waals surface area contributed by atoms with Crippen LogP contribution < -0.4 is 10.6 Å². The third kappa shape index (κ3) is 3.72. The zero-order chi connectivity index (χ0) is 13.7. The lowest BCUT2D eigenvalue weighted by Gasteiger charge is -2.14. The second kappa shape index (κ2) is 6.24. The molecule has 1 aliphatic heterocycles. The topological polar surface area (TPSA) is 81.6 Å². The van der Waals surface area contributed by atoms with Crippen LogP contribution in [0.3, 0.4) is 0 Å². The lowest BCUT2D eigenvalue weighted by Crippen LogP contribution is -2.26. The summed E-state index contributed by atoms with van der Waals surface area (Å²) in [5, 5.41) is 24.8. The molecule has 1 amide bonds. The van der Waals surface area contributed by atoms with Crippen LogP contribution in [0.1, 0.15) is 23.2 Å². The Balaban J connectivity index is 1.87. The second-order valence-electron chi connectivity index (χ2n) is 4.52. The number of hydrogen-bond acceptors (Lipinski definition) is 4. The average molecular weight is 262 g/mol. The van der Waals surface area contributed by atoms with E-state index in [9.17, 15) is 15.0 Å². The fourth-order valence-corrected chi connectivity index (χ4v) is 2.03. The number of phenols is 2. The molecule has 4 N–H and O–H groups in total. The molecule has 2 rings (SSSR count). The van der Waals surface area contributed by atoms with E-state index in [1.165, 1.54) is 23.8 Å². The van der Waals surface area contributed by atoms with Gasteiger partial charge in [-0.3, -0.25) is 4.79 Å². The van der Waals surface area contributed by atoms with Crippen molar-refractivity contribution in [2.24, 2.45) is 0 Å². The van der Waals surface area contributed by atoms with Crippen LogP contribution >= 0.6 is 0 Å². The van der Waals surface area contributed by atoms with Crippen LogP contribution in [0.5, 0.6) is 11.5 Å². The summed E-state index contributed by atoms with van der Waals surface area (Å²) >= 11 is 0. The quantitative estimate of drug-likeness (QED) is 0.484. The minimum Gasteiger partial charge on any atom is -0.508 e. The Bertz CT molecular complexity index is 497. The van der Waals surface area contributed by atoms with Gasteiger partial charge in [0.05, 0.1) is 5.56 Å². The van der Waals surface area contributed by atoms with Crippen molar-refractivity contribution in [2.45, 2.75) is 12.8 Å². The molecule has 0 saturated heterocycles. The highest BCUT2D eigenvalue weighted by Gasteiger charge is 2.11. The van der Waals surface area contributed by atoms with Crippen molar-refractivity contribution in [3.63, 3.8) is 0 Å². The maximum atomic E-state index is 11.8. The Hall–Kier alpha value is -2.01. The molecule has 0 aliphatic carbocycles. The molecule has 0 bridgehead atoms. The number of hydrogen-bond donors (Lipinski definition) is 4. The van der Waals surface area contributed by atoms with Crippen LogP contribution in [0.4, 0.5) is 0 Å². The van der Waals surface area contributed by atoms with Gasteiger partial charge in [-0.25, -0.2) is 0 Å². The first-order chi connectivity index (χ1) is 9.16. The first-order valence-corrected chi connectivity index (χ1v) is 6.35. The monoisotopic (exact) mass is 262 g/mol. The summed E-state index contributed by atoms with van der Waals surface area (Å²) in [4.78, 5) is 11.8. The molecule has 19 heavy (non-hydrogen) atoms. The smallest absolute Gasteiger partial charge is 0.255 e. The van der Waals surface area contributed by atoms with Gasteiger partial charge in [0.25, 0.3) is 5.91 Å². The van der Waals surface area contributed by atoms with E-state index in [4.69, 9.17) is 0 Å². The van der Waals surface area contributed by atoms with E-state index in [0.29, 0.717) is 6.54 Å². The molecule has 0 unspecified atom stereocenters. The lowest BCUT2D eigenvalue weighted by molar-refractivity contribution is 0.0951. The molecule has 0 saturated carbocycles. The van der Waals surface area contributed by atoms with E-state index >= 15 is 0 Å². The first-order valence-electron chi connectivity index (χ1n) is 6.35. The fraction of sp³-hybridized carbons (Fsp3) is 0.357. The molecule has 0 radical (unpaired) electrons. The summed E-state index contributed by atoms with van der Waals surface area (Å²) in [7, 11) is 0. The number of carbonyl (C=O) groups excluding carboxylic acids is 1. The summed E-state index contributed by atoms with van der Waals surface area (Å²) in [5.41, 5.74) is 1.43. The van der Waals surface area contributed by atoms with Gasteiger partial charge in [0.1, 0.15) is 11.5 Å².